The molecule has 1 heterocycles. The Labute approximate surface area is 105 Å². The van der Waals surface area contributed by atoms with E-state index in [2.05, 4.69) is 21.5 Å². The maximum atomic E-state index is 9.00. The monoisotopic (exact) mass is 242 g/mol. The summed E-state index contributed by atoms with van der Waals surface area (Å²) in [6.07, 6.45) is 0.663. The van der Waals surface area contributed by atoms with E-state index >= 15 is 0 Å². The molecule has 5 heteroatoms. The molecule has 0 saturated carbocycles. The Balaban J connectivity index is 1.98. The minimum atomic E-state index is 0.568. The first-order valence-electron chi connectivity index (χ1n) is 5.73. The second-order valence-corrected chi connectivity index (χ2v) is 4.07. The Bertz CT molecular complexity index is 583. The van der Waals surface area contributed by atoms with Gasteiger partial charge in [-0.15, -0.1) is 0 Å². The molecule has 0 saturated heterocycles. The van der Waals surface area contributed by atoms with E-state index in [4.69, 9.17) is 9.78 Å². The van der Waals surface area contributed by atoms with E-state index in [1.807, 2.05) is 25.1 Å². The largest absolute Gasteiger partial charge is 0.384 e. The fraction of sp³-hybridized carbons (Fsp3) is 0.308. The fourth-order valence-corrected chi connectivity index (χ4v) is 1.65. The maximum Gasteiger partial charge on any atom is 0.223 e. The minimum Gasteiger partial charge on any atom is -0.384 e. The Morgan fingerprint density at radius 2 is 2.22 bits per heavy atom. The summed E-state index contributed by atoms with van der Waals surface area (Å²) in [5.74, 6) is 1.24. The first-order chi connectivity index (χ1) is 8.69. The van der Waals surface area contributed by atoms with E-state index in [1.165, 1.54) is 0 Å². The molecular formula is C13H14N4O. The molecular weight excluding hydrogens is 228 g/mol. The van der Waals surface area contributed by atoms with Crippen LogP contribution < -0.4 is 5.32 Å². The maximum absolute atomic E-state index is 9.00. The third-order valence-corrected chi connectivity index (χ3v) is 2.53. The van der Waals surface area contributed by atoms with Gasteiger partial charge < -0.3 is 9.84 Å². The number of hydrogen-bond acceptors (Lipinski definition) is 5. The molecule has 1 aromatic heterocycles. The van der Waals surface area contributed by atoms with Crippen LogP contribution >= 0.6 is 0 Å². The van der Waals surface area contributed by atoms with Gasteiger partial charge in [-0.05, 0) is 24.6 Å². The number of aryl methyl sites for hydroxylation is 2. The SMILES string of the molecule is Cc1ccc(C#N)c(NCCc2noc(C)n2)c1. The van der Waals surface area contributed by atoms with E-state index in [9.17, 15) is 0 Å². The van der Waals surface area contributed by atoms with E-state index in [0.717, 1.165) is 11.3 Å². The highest BCUT2D eigenvalue weighted by molar-refractivity contribution is 5.58. The Morgan fingerprint density at radius 3 is 2.89 bits per heavy atom. The number of rotatable bonds is 4. The van der Waals surface area contributed by atoms with Crippen molar-refractivity contribution in [3.05, 3.63) is 41.0 Å². The van der Waals surface area contributed by atoms with Crippen LogP contribution in [-0.2, 0) is 6.42 Å². The summed E-state index contributed by atoms with van der Waals surface area (Å²) in [6.45, 7) is 4.42. The Morgan fingerprint density at radius 1 is 1.39 bits per heavy atom. The first-order valence-corrected chi connectivity index (χ1v) is 5.73. The van der Waals surface area contributed by atoms with Crippen molar-refractivity contribution in [3.8, 4) is 6.07 Å². The normalized spacial score (nSPS) is 10.1. The molecule has 1 aromatic carbocycles. The lowest BCUT2D eigenvalue weighted by atomic mass is 10.1. The van der Waals surface area contributed by atoms with Crippen LogP contribution in [0.15, 0.2) is 22.7 Å². The first kappa shape index (κ1) is 12.1. The van der Waals surface area contributed by atoms with E-state index in [0.29, 0.717) is 30.2 Å². The van der Waals surface area contributed by atoms with Gasteiger partial charge >= 0.3 is 0 Å². The third kappa shape index (κ3) is 2.86. The van der Waals surface area contributed by atoms with Gasteiger partial charge in [0.05, 0.1) is 11.3 Å². The second kappa shape index (κ2) is 5.32. The van der Waals surface area contributed by atoms with Crippen LogP contribution in [0.3, 0.4) is 0 Å². The van der Waals surface area contributed by atoms with Crippen LogP contribution in [0.1, 0.15) is 22.8 Å². The molecule has 0 amide bonds. The number of benzene rings is 1. The molecule has 0 aliphatic rings. The van der Waals surface area contributed by atoms with Crippen molar-refractivity contribution in [2.45, 2.75) is 20.3 Å². The van der Waals surface area contributed by atoms with Gasteiger partial charge in [0.15, 0.2) is 5.82 Å². The zero-order valence-electron chi connectivity index (χ0n) is 10.4. The summed E-state index contributed by atoms with van der Waals surface area (Å²) in [7, 11) is 0. The molecule has 0 bridgehead atoms. The Hall–Kier alpha value is -2.35. The molecule has 0 atom stereocenters. The highest BCUT2D eigenvalue weighted by Gasteiger charge is 2.04. The summed E-state index contributed by atoms with van der Waals surface area (Å²) < 4.78 is 4.89. The average molecular weight is 242 g/mol. The van der Waals surface area contributed by atoms with Gasteiger partial charge in [-0.2, -0.15) is 10.2 Å². The molecule has 2 aromatic rings. The van der Waals surface area contributed by atoms with Crippen molar-refractivity contribution in [2.75, 3.05) is 11.9 Å². The highest BCUT2D eigenvalue weighted by Crippen LogP contribution is 2.16. The van der Waals surface area contributed by atoms with Gasteiger partial charge in [-0.1, -0.05) is 11.2 Å². The summed E-state index contributed by atoms with van der Waals surface area (Å²) >= 11 is 0. The molecule has 0 unspecified atom stereocenters. The van der Waals surface area contributed by atoms with Gasteiger partial charge in [0.25, 0.3) is 0 Å². The van der Waals surface area contributed by atoms with Gasteiger partial charge in [-0.3, -0.25) is 0 Å². The van der Waals surface area contributed by atoms with Crippen molar-refractivity contribution in [3.63, 3.8) is 0 Å². The van der Waals surface area contributed by atoms with Gasteiger partial charge in [-0.25, -0.2) is 0 Å². The summed E-state index contributed by atoms with van der Waals surface area (Å²) in [5, 5.41) is 16.0. The highest BCUT2D eigenvalue weighted by atomic mass is 16.5. The lowest BCUT2D eigenvalue weighted by Gasteiger charge is -2.07. The van der Waals surface area contributed by atoms with Crippen LogP contribution in [0, 0.1) is 25.2 Å². The van der Waals surface area contributed by atoms with Gasteiger partial charge in [0.2, 0.25) is 5.89 Å². The van der Waals surface area contributed by atoms with E-state index < -0.39 is 0 Å². The minimum absolute atomic E-state index is 0.568. The number of aromatic nitrogens is 2. The predicted octanol–water partition coefficient (Wildman–Crippen LogP) is 2.21. The van der Waals surface area contributed by atoms with Crippen molar-refractivity contribution < 1.29 is 4.52 Å². The molecule has 0 spiro atoms. The smallest absolute Gasteiger partial charge is 0.223 e. The molecule has 18 heavy (non-hydrogen) atoms. The molecule has 0 aliphatic heterocycles. The quantitative estimate of drug-likeness (QED) is 0.889. The van der Waals surface area contributed by atoms with Crippen molar-refractivity contribution in [1.82, 2.24) is 10.1 Å². The van der Waals surface area contributed by atoms with Crippen LogP contribution in [0.4, 0.5) is 5.69 Å². The third-order valence-electron chi connectivity index (χ3n) is 2.53. The number of nitrogens with one attached hydrogen (secondary N) is 1. The van der Waals surface area contributed by atoms with Crippen LogP contribution in [-0.4, -0.2) is 16.7 Å². The van der Waals surface area contributed by atoms with Crippen LogP contribution in [0.5, 0.6) is 0 Å². The molecule has 0 radical (unpaired) electrons. The molecule has 0 aliphatic carbocycles. The summed E-state index contributed by atoms with van der Waals surface area (Å²) in [5.41, 5.74) is 2.61. The topological polar surface area (TPSA) is 74.7 Å². The molecule has 0 fully saturated rings. The van der Waals surface area contributed by atoms with E-state index in [1.54, 1.807) is 6.92 Å². The lowest BCUT2D eigenvalue weighted by Crippen LogP contribution is -2.07. The molecule has 2 rings (SSSR count). The molecule has 5 nitrogen and oxygen atoms in total. The van der Waals surface area contributed by atoms with Crippen molar-refractivity contribution >= 4 is 5.69 Å². The number of nitriles is 1. The summed E-state index contributed by atoms with van der Waals surface area (Å²) in [6, 6.07) is 7.86. The van der Waals surface area contributed by atoms with Crippen LogP contribution in [0.25, 0.3) is 0 Å². The number of hydrogen-bond donors (Lipinski definition) is 1. The molecule has 92 valence electrons. The average Bonchev–Trinajstić information content (AvgIpc) is 2.75. The second-order valence-electron chi connectivity index (χ2n) is 4.07. The van der Waals surface area contributed by atoms with E-state index in [-0.39, 0.29) is 0 Å². The fourth-order valence-electron chi connectivity index (χ4n) is 1.65. The number of anilines is 1. The summed E-state index contributed by atoms with van der Waals surface area (Å²) in [4.78, 5) is 4.12. The van der Waals surface area contributed by atoms with Gasteiger partial charge in [0.1, 0.15) is 6.07 Å². The molecule has 1 N–H and O–H groups in total. The standard InChI is InChI=1S/C13H14N4O/c1-9-3-4-11(8-14)12(7-9)15-6-5-13-16-10(2)18-17-13/h3-4,7,15H,5-6H2,1-2H3. The zero-order valence-corrected chi connectivity index (χ0v) is 10.4. The predicted molar refractivity (Wildman–Crippen MR) is 67.1 cm³/mol. The van der Waals surface area contributed by atoms with Gasteiger partial charge in [0, 0.05) is 19.9 Å². The van der Waals surface area contributed by atoms with Crippen LogP contribution in [0.2, 0.25) is 0 Å². The number of nitrogens with zero attached hydrogens (tertiary/aromatic N) is 3. The Kier molecular flexibility index (Phi) is 3.58. The van der Waals surface area contributed by atoms with Crippen molar-refractivity contribution in [2.24, 2.45) is 0 Å². The lowest BCUT2D eigenvalue weighted by molar-refractivity contribution is 0.387. The van der Waals surface area contributed by atoms with Crippen molar-refractivity contribution in [1.29, 1.82) is 5.26 Å². The zero-order chi connectivity index (χ0) is 13.0.